The van der Waals surface area contributed by atoms with E-state index in [2.05, 4.69) is 6.92 Å². The Labute approximate surface area is 191 Å². The lowest BCUT2D eigenvalue weighted by Gasteiger charge is -2.52. The van der Waals surface area contributed by atoms with Gasteiger partial charge in [-0.15, -0.1) is 0 Å². The topological polar surface area (TPSA) is 113 Å². The predicted octanol–water partition coefficient (Wildman–Crippen LogP) is 2.83. The molecule has 0 aromatic heterocycles. The van der Waals surface area contributed by atoms with Crippen molar-refractivity contribution in [2.24, 2.45) is 35.0 Å². The van der Waals surface area contributed by atoms with Gasteiger partial charge < -0.3 is 24.8 Å². The number of hydrogen-bond acceptors (Lipinski definition) is 7. The van der Waals surface area contributed by atoms with Crippen molar-refractivity contribution >= 4 is 11.9 Å². The van der Waals surface area contributed by atoms with E-state index >= 15 is 0 Å². The van der Waals surface area contributed by atoms with Crippen LogP contribution in [0.4, 0.5) is 0 Å². The number of carbonyl (C=O) groups is 2. The molecule has 1 saturated heterocycles. The average molecular weight is 455 g/mol. The summed E-state index contributed by atoms with van der Waals surface area (Å²) in [5.41, 5.74) is -0.581. The highest BCUT2D eigenvalue weighted by Gasteiger charge is 2.52. The number of hydrogen-bond donors (Lipinski definition) is 3. The molecule has 3 aliphatic rings. The lowest BCUT2D eigenvalue weighted by molar-refractivity contribution is -0.186. The number of esters is 2. The van der Waals surface area contributed by atoms with Crippen molar-refractivity contribution in [1.82, 2.24) is 0 Å². The lowest BCUT2D eigenvalue weighted by atomic mass is 9.56. The molecule has 0 radical (unpaired) electrons. The minimum Gasteiger partial charge on any atom is -0.462 e. The van der Waals surface area contributed by atoms with Gasteiger partial charge in [0.2, 0.25) is 0 Å². The summed E-state index contributed by atoms with van der Waals surface area (Å²) >= 11 is 0. The zero-order chi connectivity index (χ0) is 23.6. The summed E-state index contributed by atoms with van der Waals surface area (Å²) in [6, 6.07) is 0. The van der Waals surface area contributed by atoms with Gasteiger partial charge in [0, 0.05) is 24.9 Å². The van der Waals surface area contributed by atoms with Gasteiger partial charge in [-0.25, -0.2) is 0 Å². The van der Waals surface area contributed by atoms with Crippen LogP contribution in [0.15, 0.2) is 0 Å². The molecule has 0 amide bonds. The summed E-state index contributed by atoms with van der Waals surface area (Å²) in [6.07, 6.45) is 3.02. The summed E-state index contributed by atoms with van der Waals surface area (Å²) in [6.45, 7) is 7.83. The standard InChI is InChI=1S/C25H42O7/c1-5-25(3,4)24(30)32-20-10-15(13-26)23(29)19-8-6-14(2)18(22(19)20)9-7-17-11-16(27)12-21(28)31-17/h14-20,22-23,26-27,29H,5-13H2,1-4H3/t14-,15-,16+,17+,18-,19+,20-,22+,23-/m0/s1. The maximum Gasteiger partial charge on any atom is 0.311 e. The number of aliphatic hydroxyl groups excluding tert-OH is 3. The highest BCUT2D eigenvalue weighted by molar-refractivity contribution is 5.76. The number of cyclic esters (lactones) is 1. The van der Waals surface area contributed by atoms with Gasteiger partial charge in [-0.1, -0.05) is 20.3 Å². The Balaban J connectivity index is 1.79. The van der Waals surface area contributed by atoms with E-state index in [0.29, 0.717) is 31.6 Å². The van der Waals surface area contributed by atoms with Crippen LogP contribution < -0.4 is 0 Å². The van der Waals surface area contributed by atoms with Gasteiger partial charge in [-0.3, -0.25) is 9.59 Å². The quantitative estimate of drug-likeness (QED) is 0.507. The molecule has 7 heteroatoms. The third-order valence-electron chi connectivity index (χ3n) is 8.55. The van der Waals surface area contributed by atoms with Gasteiger partial charge in [0.05, 0.1) is 24.0 Å². The minimum atomic E-state index is -0.649. The van der Waals surface area contributed by atoms with Crippen molar-refractivity contribution in [2.45, 2.75) is 103 Å². The summed E-state index contributed by atoms with van der Waals surface area (Å²) in [7, 11) is 0. The molecule has 9 atom stereocenters. The maximum absolute atomic E-state index is 12.9. The SMILES string of the molecule is CCC(C)(C)C(=O)O[C@H]1C[C@@H](CO)[C@H](O)[C@@H]2CC[C@H](C)[C@H](CC[C@@H]3C[C@@H](O)CC(=O)O3)[C@H]21. The molecule has 1 heterocycles. The van der Waals surface area contributed by atoms with Crippen molar-refractivity contribution in [2.75, 3.05) is 6.61 Å². The second kappa shape index (κ2) is 10.4. The Kier molecular flexibility index (Phi) is 8.26. The van der Waals surface area contributed by atoms with E-state index in [4.69, 9.17) is 9.47 Å². The van der Waals surface area contributed by atoms with Gasteiger partial charge in [0.1, 0.15) is 12.2 Å². The van der Waals surface area contributed by atoms with Crippen LogP contribution in [0.2, 0.25) is 0 Å². The summed E-state index contributed by atoms with van der Waals surface area (Å²) in [5, 5.41) is 30.8. The fraction of sp³-hybridized carbons (Fsp3) is 0.920. The van der Waals surface area contributed by atoms with Crippen molar-refractivity contribution in [3.63, 3.8) is 0 Å². The second-order valence-electron chi connectivity index (χ2n) is 11.1. The number of carbonyl (C=O) groups excluding carboxylic acids is 2. The Morgan fingerprint density at radius 3 is 2.53 bits per heavy atom. The Hall–Kier alpha value is -1.18. The van der Waals surface area contributed by atoms with Gasteiger partial charge in [0.15, 0.2) is 0 Å². The molecule has 0 spiro atoms. The Morgan fingerprint density at radius 2 is 1.91 bits per heavy atom. The van der Waals surface area contributed by atoms with Crippen LogP contribution in [0, 0.1) is 35.0 Å². The van der Waals surface area contributed by atoms with Gasteiger partial charge in [-0.2, -0.15) is 0 Å². The molecular formula is C25H42O7. The molecule has 0 unspecified atom stereocenters. The number of fused-ring (bicyclic) bond motifs is 1. The molecule has 0 aromatic rings. The van der Waals surface area contributed by atoms with E-state index in [1.807, 2.05) is 20.8 Å². The van der Waals surface area contributed by atoms with Crippen molar-refractivity contribution < 1.29 is 34.4 Å². The molecule has 3 N–H and O–H groups in total. The van der Waals surface area contributed by atoms with Crippen molar-refractivity contribution in [3.05, 3.63) is 0 Å². The van der Waals surface area contributed by atoms with Crippen LogP contribution in [0.25, 0.3) is 0 Å². The first-order valence-corrected chi connectivity index (χ1v) is 12.4. The lowest BCUT2D eigenvalue weighted by Crippen LogP contribution is -2.55. The van der Waals surface area contributed by atoms with E-state index in [0.717, 1.165) is 19.3 Å². The number of rotatable bonds is 7. The molecular weight excluding hydrogens is 412 g/mol. The summed E-state index contributed by atoms with van der Waals surface area (Å²) in [4.78, 5) is 24.7. The van der Waals surface area contributed by atoms with Crippen LogP contribution in [0.3, 0.4) is 0 Å². The fourth-order valence-electron chi connectivity index (χ4n) is 6.10. The summed E-state index contributed by atoms with van der Waals surface area (Å²) < 4.78 is 11.6. The van der Waals surface area contributed by atoms with Crippen LogP contribution in [0.5, 0.6) is 0 Å². The predicted molar refractivity (Wildman–Crippen MR) is 118 cm³/mol. The van der Waals surface area contributed by atoms with E-state index in [9.17, 15) is 24.9 Å². The normalized spacial score (nSPS) is 40.3. The molecule has 1 aliphatic heterocycles. The highest BCUT2D eigenvalue weighted by Crippen LogP contribution is 2.51. The number of aliphatic hydroxyl groups is 3. The second-order valence-corrected chi connectivity index (χ2v) is 11.1. The molecule has 184 valence electrons. The van der Waals surface area contributed by atoms with Crippen LogP contribution in [0.1, 0.15) is 79.1 Å². The zero-order valence-corrected chi connectivity index (χ0v) is 20.0. The first-order valence-electron chi connectivity index (χ1n) is 12.4. The largest absolute Gasteiger partial charge is 0.462 e. The van der Waals surface area contributed by atoms with E-state index < -0.39 is 17.6 Å². The van der Waals surface area contributed by atoms with Crippen LogP contribution >= 0.6 is 0 Å². The van der Waals surface area contributed by atoms with Crippen molar-refractivity contribution in [1.29, 1.82) is 0 Å². The smallest absolute Gasteiger partial charge is 0.311 e. The monoisotopic (exact) mass is 454 g/mol. The fourth-order valence-corrected chi connectivity index (χ4v) is 6.10. The molecule has 2 aliphatic carbocycles. The minimum absolute atomic E-state index is 0.0115. The molecule has 3 rings (SSSR count). The Morgan fingerprint density at radius 1 is 1.19 bits per heavy atom. The van der Waals surface area contributed by atoms with Gasteiger partial charge >= 0.3 is 11.9 Å². The molecule has 0 bridgehead atoms. The first kappa shape index (κ1) is 25.4. The van der Waals surface area contributed by atoms with E-state index in [1.54, 1.807) is 0 Å². The molecule has 32 heavy (non-hydrogen) atoms. The molecule has 3 fully saturated rings. The maximum atomic E-state index is 12.9. The highest BCUT2D eigenvalue weighted by atomic mass is 16.6. The van der Waals surface area contributed by atoms with Crippen LogP contribution in [-0.2, 0) is 19.1 Å². The van der Waals surface area contributed by atoms with E-state index in [1.165, 1.54) is 0 Å². The van der Waals surface area contributed by atoms with Crippen molar-refractivity contribution in [3.8, 4) is 0 Å². The first-order chi connectivity index (χ1) is 15.1. The molecule has 2 saturated carbocycles. The summed E-state index contributed by atoms with van der Waals surface area (Å²) in [5.74, 6) is -0.278. The molecule has 7 nitrogen and oxygen atoms in total. The van der Waals surface area contributed by atoms with Gasteiger partial charge in [-0.05, 0) is 63.7 Å². The third-order valence-corrected chi connectivity index (χ3v) is 8.55. The van der Waals surface area contributed by atoms with Gasteiger partial charge in [0.25, 0.3) is 0 Å². The average Bonchev–Trinajstić information content (AvgIpc) is 2.73. The third kappa shape index (κ3) is 5.48. The Bertz CT molecular complexity index is 663. The number of ether oxygens (including phenoxy) is 2. The van der Waals surface area contributed by atoms with Crippen LogP contribution in [-0.4, -0.2) is 58.3 Å². The zero-order valence-electron chi connectivity index (χ0n) is 20.0. The van der Waals surface area contributed by atoms with E-state index in [-0.39, 0.29) is 60.8 Å². The molecule has 0 aromatic carbocycles.